The quantitative estimate of drug-likeness (QED) is 0.281. The molecule has 27 heavy (non-hydrogen) atoms. The largest absolute Gasteiger partial charge is 0.404 e. The Bertz CT molecular complexity index is 683. The Kier molecular flexibility index (Phi) is 9.80. The minimum absolute atomic E-state index is 0.129. The Morgan fingerprint density at radius 3 is 2.56 bits per heavy atom. The molecule has 0 saturated carbocycles. The van der Waals surface area contributed by atoms with Crippen molar-refractivity contribution in [1.29, 1.82) is 0 Å². The first-order valence-corrected chi connectivity index (χ1v) is 8.49. The van der Waals surface area contributed by atoms with Gasteiger partial charge in [-0.25, -0.2) is 9.86 Å². The number of nitrogens with one attached hydrogen (secondary N) is 2. The number of nitrogens with two attached hydrogens (primary N) is 2. The molecule has 0 saturated heterocycles. The lowest BCUT2D eigenvalue weighted by molar-refractivity contribution is -0.180. The first-order valence-electron chi connectivity index (χ1n) is 8.49. The molecular weight excluding hydrogens is 346 g/mol. The molecule has 0 aliphatic heterocycles. The van der Waals surface area contributed by atoms with Crippen LogP contribution in [0.15, 0.2) is 60.8 Å². The zero-order chi connectivity index (χ0) is 20.1. The summed E-state index contributed by atoms with van der Waals surface area (Å²) >= 11 is 0. The predicted octanol–water partition coefficient (Wildman–Crippen LogP) is 1.43. The molecule has 146 valence electrons. The van der Waals surface area contributed by atoms with Gasteiger partial charge in [0.05, 0.1) is 0 Å². The first kappa shape index (κ1) is 21.8. The number of allylic oxidation sites excluding steroid dienone is 2. The van der Waals surface area contributed by atoms with Crippen LogP contribution in [0.1, 0.15) is 12.5 Å². The lowest BCUT2D eigenvalue weighted by Gasteiger charge is -2.20. The van der Waals surface area contributed by atoms with Crippen molar-refractivity contribution in [2.45, 2.75) is 13.5 Å². The van der Waals surface area contributed by atoms with Crippen molar-refractivity contribution in [3.63, 3.8) is 0 Å². The highest BCUT2D eigenvalue weighted by Crippen LogP contribution is 2.04. The standard InChI is InChI=1S/C19H27N5O3/c1-3-5-6-16(11-20)14-27-24(4-2)18(25)13-23-19(26)22-12-15-7-9-17(21)10-8-15/h3,5-11H,1,4,12-14,20-21H2,2H3,(H2,22,23,26)/b6-5-,16-11+. The number of rotatable bonds is 10. The van der Waals surface area contributed by atoms with E-state index in [-0.39, 0.29) is 19.1 Å². The fraction of sp³-hybridized carbons (Fsp3) is 0.263. The zero-order valence-electron chi connectivity index (χ0n) is 15.5. The van der Waals surface area contributed by atoms with Crippen molar-refractivity contribution >= 4 is 17.6 Å². The second-order valence-electron chi connectivity index (χ2n) is 5.48. The van der Waals surface area contributed by atoms with Crippen molar-refractivity contribution in [2.75, 3.05) is 25.4 Å². The number of carbonyl (C=O) groups excluding carboxylic acids is 2. The number of hydroxylamine groups is 2. The van der Waals surface area contributed by atoms with Crippen LogP contribution in [0.2, 0.25) is 0 Å². The van der Waals surface area contributed by atoms with Crippen molar-refractivity contribution in [3.8, 4) is 0 Å². The van der Waals surface area contributed by atoms with Gasteiger partial charge >= 0.3 is 6.03 Å². The lowest BCUT2D eigenvalue weighted by Crippen LogP contribution is -2.43. The highest BCUT2D eigenvalue weighted by atomic mass is 16.7. The predicted molar refractivity (Wildman–Crippen MR) is 106 cm³/mol. The summed E-state index contributed by atoms with van der Waals surface area (Å²) in [5.74, 6) is -0.371. The molecule has 0 aromatic heterocycles. The number of benzene rings is 1. The summed E-state index contributed by atoms with van der Waals surface area (Å²) in [5.41, 5.74) is 13.4. The van der Waals surface area contributed by atoms with Crippen LogP contribution >= 0.6 is 0 Å². The summed E-state index contributed by atoms with van der Waals surface area (Å²) in [7, 11) is 0. The van der Waals surface area contributed by atoms with Gasteiger partial charge in [0.15, 0.2) is 0 Å². The van der Waals surface area contributed by atoms with E-state index in [0.717, 1.165) is 5.56 Å². The van der Waals surface area contributed by atoms with Crippen LogP contribution in [-0.2, 0) is 16.2 Å². The molecule has 8 heteroatoms. The fourth-order valence-corrected chi connectivity index (χ4v) is 1.96. The average Bonchev–Trinajstić information content (AvgIpc) is 2.68. The molecule has 1 aromatic rings. The van der Waals surface area contributed by atoms with E-state index in [1.165, 1.54) is 11.3 Å². The number of carbonyl (C=O) groups is 2. The second kappa shape index (κ2) is 12.2. The molecule has 6 N–H and O–H groups in total. The molecule has 0 atom stereocenters. The maximum absolute atomic E-state index is 12.2. The smallest absolute Gasteiger partial charge is 0.315 e. The van der Waals surface area contributed by atoms with Crippen molar-refractivity contribution in [3.05, 3.63) is 66.4 Å². The average molecular weight is 373 g/mol. The summed E-state index contributed by atoms with van der Waals surface area (Å²) in [4.78, 5) is 29.4. The molecule has 0 bridgehead atoms. The van der Waals surface area contributed by atoms with E-state index in [2.05, 4.69) is 17.2 Å². The second-order valence-corrected chi connectivity index (χ2v) is 5.48. The van der Waals surface area contributed by atoms with Crippen LogP contribution in [0.4, 0.5) is 10.5 Å². The summed E-state index contributed by atoms with van der Waals surface area (Å²) < 4.78 is 0. The number of anilines is 1. The molecular formula is C19H27N5O3. The zero-order valence-corrected chi connectivity index (χ0v) is 15.5. The van der Waals surface area contributed by atoms with Crippen molar-refractivity contribution in [1.82, 2.24) is 15.7 Å². The SMILES string of the molecule is C=C/C=C\C(=C/N)CON(CC)C(=O)CNC(=O)NCc1ccc(N)cc1. The van der Waals surface area contributed by atoms with Gasteiger partial charge in [-0.05, 0) is 36.4 Å². The van der Waals surface area contributed by atoms with Gasteiger partial charge in [-0.15, -0.1) is 0 Å². The van der Waals surface area contributed by atoms with E-state index in [4.69, 9.17) is 16.3 Å². The monoisotopic (exact) mass is 373 g/mol. The molecule has 1 rings (SSSR count). The third kappa shape index (κ3) is 8.59. The first-order chi connectivity index (χ1) is 13.0. The molecule has 1 aromatic carbocycles. The van der Waals surface area contributed by atoms with Crippen LogP contribution in [0.3, 0.4) is 0 Å². The topological polar surface area (TPSA) is 123 Å². The normalized spacial score (nSPS) is 11.2. The van der Waals surface area contributed by atoms with Gasteiger partial charge in [0.1, 0.15) is 13.2 Å². The number of nitrogens with zero attached hydrogens (tertiary/aromatic N) is 1. The van der Waals surface area contributed by atoms with Gasteiger partial charge in [0.2, 0.25) is 0 Å². The van der Waals surface area contributed by atoms with Gasteiger partial charge in [-0.2, -0.15) is 0 Å². The number of amides is 3. The Hall–Kier alpha value is -3.26. The Labute approximate surface area is 159 Å². The van der Waals surface area contributed by atoms with Crippen LogP contribution in [-0.4, -0.2) is 36.7 Å². The van der Waals surface area contributed by atoms with Gasteiger partial charge < -0.3 is 22.1 Å². The van der Waals surface area contributed by atoms with Crippen molar-refractivity contribution < 1.29 is 14.4 Å². The van der Waals surface area contributed by atoms with E-state index in [1.54, 1.807) is 37.3 Å². The molecule has 8 nitrogen and oxygen atoms in total. The molecule has 0 aliphatic rings. The number of likely N-dealkylation sites (N-methyl/N-ethyl adjacent to an activating group) is 1. The van der Waals surface area contributed by atoms with E-state index >= 15 is 0 Å². The minimum atomic E-state index is -0.451. The molecule has 0 unspecified atom stereocenters. The maximum Gasteiger partial charge on any atom is 0.315 e. The summed E-state index contributed by atoms with van der Waals surface area (Å²) in [6, 6.07) is 6.69. The lowest BCUT2D eigenvalue weighted by atomic mass is 10.2. The van der Waals surface area contributed by atoms with Crippen molar-refractivity contribution in [2.24, 2.45) is 5.73 Å². The third-order valence-corrected chi connectivity index (χ3v) is 3.45. The van der Waals surface area contributed by atoms with Gasteiger partial charge in [-0.1, -0.05) is 36.9 Å². The minimum Gasteiger partial charge on any atom is -0.404 e. The molecule has 0 heterocycles. The summed E-state index contributed by atoms with van der Waals surface area (Å²) in [6.07, 6.45) is 6.45. The Morgan fingerprint density at radius 1 is 1.26 bits per heavy atom. The van der Waals surface area contributed by atoms with E-state index in [0.29, 0.717) is 24.4 Å². The Morgan fingerprint density at radius 2 is 1.96 bits per heavy atom. The van der Waals surface area contributed by atoms with Crippen LogP contribution in [0.5, 0.6) is 0 Å². The number of hydrogen-bond donors (Lipinski definition) is 4. The van der Waals surface area contributed by atoms with Gasteiger partial charge in [0.25, 0.3) is 5.91 Å². The summed E-state index contributed by atoms with van der Waals surface area (Å²) in [6.45, 7) is 5.94. The number of nitrogen functional groups attached to an aromatic ring is 1. The summed E-state index contributed by atoms with van der Waals surface area (Å²) in [5, 5.41) is 6.34. The maximum atomic E-state index is 12.2. The fourth-order valence-electron chi connectivity index (χ4n) is 1.96. The van der Waals surface area contributed by atoms with Crippen LogP contribution < -0.4 is 22.1 Å². The number of hydrogen-bond acceptors (Lipinski definition) is 5. The van der Waals surface area contributed by atoms with E-state index in [9.17, 15) is 9.59 Å². The molecule has 3 amide bonds. The van der Waals surface area contributed by atoms with Crippen LogP contribution in [0.25, 0.3) is 0 Å². The van der Waals surface area contributed by atoms with E-state index < -0.39 is 6.03 Å². The molecule has 0 aliphatic carbocycles. The molecule has 0 spiro atoms. The van der Waals surface area contributed by atoms with Crippen LogP contribution in [0, 0.1) is 0 Å². The molecule has 0 radical (unpaired) electrons. The highest BCUT2D eigenvalue weighted by molar-refractivity contribution is 5.83. The number of urea groups is 1. The van der Waals surface area contributed by atoms with Gasteiger partial charge in [-0.3, -0.25) is 9.63 Å². The molecule has 0 fully saturated rings. The van der Waals surface area contributed by atoms with E-state index in [1.807, 2.05) is 12.1 Å². The van der Waals surface area contributed by atoms with Gasteiger partial charge in [0, 0.05) is 18.8 Å². The Balaban J connectivity index is 2.39. The highest BCUT2D eigenvalue weighted by Gasteiger charge is 2.14. The third-order valence-electron chi connectivity index (χ3n) is 3.45.